The van der Waals surface area contributed by atoms with E-state index in [0.29, 0.717) is 18.7 Å². The lowest BCUT2D eigenvalue weighted by molar-refractivity contribution is -0.127. The highest BCUT2D eigenvalue weighted by molar-refractivity contribution is 8.00. The van der Waals surface area contributed by atoms with Crippen molar-refractivity contribution in [3.8, 4) is 0 Å². The number of nitrogens with zero attached hydrogens (tertiary/aromatic N) is 3. The molecular formula is C18H22N4O2S2. The van der Waals surface area contributed by atoms with Crippen molar-refractivity contribution < 1.29 is 9.59 Å². The zero-order valence-electron chi connectivity index (χ0n) is 14.6. The van der Waals surface area contributed by atoms with Crippen LogP contribution in [-0.2, 0) is 22.4 Å². The maximum Gasteiger partial charge on any atom is 0.230 e. The summed E-state index contributed by atoms with van der Waals surface area (Å²) >= 11 is 3.26. The number of thioether (sulfide) groups is 1. The molecule has 1 aliphatic carbocycles. The van der Waals surface area contributed by atoms with Gasteiger partial charge in [-0.1, -0.05) is 11.8 Å². The van der Waals surface area contributed by atoms with Crippen LogP contribution in [0.2, 0.25) is 0 Å². The molecule has 138 valence electrons. The fourth-order valence-corrected chi connectivity index (χ4v) is 5.78. The van der Waals surface area contributed by atoms with Gasteiger partial charge < -0.3 is 10.2 Å². The van der Waals surface area contributed by atoms with Gasteiger partial charge in [0.2, 0.25) is 11.8 Å². The van der Waals surface area contributed by atoms with E-state index in [9.17, 15) is 9.59 Å². The van der Waals surface area contributed by atoms with Gasteiger partial charge in [-0.05, 0) is 37.7 Å². The molecule has 6 nitrogen and oxygen atoms in total. The van der Waals surface area contributed by atoms with Crippen molar-refractivity contribution in [2.24, 2.45) is 0 Å². The first-order valence-electron chi connectivity index (χ1n) is 9.15. The third-order valence-electron chi connectivity index (χ3n) is 4.90. The summed E-state index contributed by atoms with van der Waals surface area (Å²) in [5, 5.41) is 5.03. The van der Waals surface area contributed by atoms with Crippen LogP contribution in [0, 0.1) is 0 Å². The zero-order valence-corrected chi connectivity index (χ0v) is 16.3. The molecule has 3 heterocycles. The lowest BCUT2D eigenvalue weighted by Gasteiger charge is -2.15. The molecule has 0 atom stereocenters. The average molecular weight is 391 g/mol. The Labute approximate surface area is 160 Å². The lowest BCUT2D eigenvalue weighted by Crippen LogP contribution is -2.31. The largest absolute Gasteiger partial charge is 0.355 e. The Kier molecular flexibility index (Phi) is 5.40. The molecular weight excluding hydrogens is 368 g/mol. The maximum atomic E-state index is 12.1. The van der Waals surface area contributed by atoms with Gasteiger partial charge >= 0.3 is 0 Å². The molecule has 1 N–H and O–H groups in total. The van der Waals surface area contributed by atoms with Gasteiger partial charge in [0.25, 0.3) is 0 Å². The van der Waals surface area contributed by atoms with Gasteiger partial charge in [-0.2, -0.15) is 0 Å². The van der Waals surface area contributed by atoms with Crippen LogP contribution in [0.1, 0.15) is 36.1 Å². The average Bonchev–Trinajstić information content (AvgIpc) is 3.33. The van der Waals surface area contributed by atoms with Crippen molar-refractivity contribution in [2.75, 3.05) is 25.4 Å². The summed E-state index contributed by atoms with van der Waals surface area (Å²) in [6.45, 7) is 2.20. The highest BCUT2D eigenvalue weighted by atomic mass is 32.2. The summed E-state index contributed by atoms with van der Waals surface area (Å²) in [6, 6.07) is 0. The van der Waals surface area contributed by atoms with E-state index in [4.69, 9.17) is 0 Å². The number of aromatic nitrogens is 2. The first-order chi connectivity index (χ1) is 12.7. The Morgan fingerprint density at radius 2 is 2.19 bits per heavy atom. The predicted molar refractivity (Wildman–Crippen MR) is 104 cm³/mol. The molecule has 2 amide bonds. The number of aryl methyl sites for hydroxylation is 2. The van der Waals surface area contributed by atoms with E-state index in [0.717, 1.165) is 54.0 Å². The third kappa shape index (κ3) is 3.71. The van der Waals surface area contributed by atoms with E-state index in [1.54, 1.807) is 17.7 Å². The number of hydrogen-bond acceptors (Lipinski definition) is 6. The van der Waals surface area contributed by atoms with E-state index in [1.165, 1.54) is 28.6 Å². The Hall–Kier alpha value is -1.67. The van der Waals surface area contributed by atoms with E-state index in [-0.39, 0.29) is 11.8 Å². The van der Waals surface area contributed by atoms with Gasteiger partial charge in [0.05, 0.1) is 5.75 Å². The van der Waals surface area contributed by atoms with Crippen LogP contribution in [0.25, 0.3) is 10.2 Å². The van der Waals surface area contributed by atoms with Crippen molar-refractivity contribution in [2.45, 2.75) is 43.6 Å². The van der Waals surface area contributed by atoms with E-state index >= 15 is 0 Å². The molecule has 8 heteroatoms. The first kappa shape index (κ1) is 17.7. The third-order valence-corrected chi connectivity index (χ3v) is 7.09. The van der Waals surface area contributed by atoms with Crippen molar-refractivity contribution in [3.63, 3.8) is 0 Å². The number of fused-ring (bicyclic) bond motifs is 3. The molecule has 0 bridgehead atoms. The fourth-order valence-electron chi connectivity index (χ4n) is 3.63. The Morgan fingerprint density at radius 3 is 3.04 bits per heavy atom. The molecule has 0 radical (unpaired) electrons. The highest BCUT2D eigenvalue weighted by Crippen LogP contribution is 2.39. The summed E-state index contributed by atoms with van der Waals surface area (Å²) in [4.78, 5) is 36.9. The first-order valence-corrected chi connectivity index (χ1v) is 10.9. The van der Waals surface area contributed by atoms with Gasteiger partial charge in [0.1, 0.15) is 16.2 Å². The maximum absolute atomic E-state index is 12.1. The van der Waals surface area contributed by atoms with Crippen LogP contribution >= 0.6 is 23.1 Å². The molecule has 1 aliphatic heterocycles. The minimum Gasteiger partial charge on any atom is -0.355 e. The van der Waals surface area contributed by atoms with Crippen molar-refractivity contribution in [1.29, 1.82) is 0 Å². The number of nitrogens with one attached hydrogen (secondary N) is 1. The van der Waals surface area contributed by atoms with Gasteiger partial charge in [0.15, 0.2) is 0 Å². The fraction of sp³-hybridized carbons (Fsp3) is 0.556. The molecule has 0 unspecified atom stereocenters. The number of thiophene rings is 1. The molecule has 0 spiro atoms. The normalized spacial score (nSPS) is 16.5. The predicted octanol–water partition coefficient (Wildman–Crippen LogP) is 2.40. The smallest absolute Gasteiger partial charge is 0.230 e. The summed E-state index contributed by atoms with van der Waals surface area (Å²) < 4.78 is 0. The second kappa shape index (κ2) is 7.92. The van der Waals surface area contributed by atoms with Gasteiger partial charge in [-0.15, -0.1) is 11.3 Å². The Morgan fingerprint density at radius 1 is 1.27 bits per heavy atom. The van der Waals surface area contributed by atoms with E-state index < -0.39 is 0 Å². The number of carbonyl (C=O) groups is 2. The van der Waals surface area contributed by atoms with Gasteiger partial charge in [-0.25, -0.2) is 9.97 Å². The second-order valence-electron chi connectivity index (χ2n) is 6.69. The van der Waals surface area contributed by atoms with E-state index in [1.807, 2.05) is 4.90 Å². The second-order valence-corrected chi connectivity index (χ2v) is 8.74. The van der Waals surface area contributed by atoms with Crippen molar-refractivity contribution in [1.82, 2.24) is 20.2 Å². The molecule has 26 heavy (non-hydrogen) atoms. The number of carbonyl (C=O) groups excluding carboxylic acids is 2. The number of hydrogen-bond donors (Lipinski definition) is 1. The number of amides is 2. The molecule has 0 saturated carbocycles. The topological polar surface area (TPSA) is 75.2 Å². The van der Waals surface area contributed by atoms with Crippen LogP contribution in [0.15, 0.2) is 11.4 Å². The summed E-state index contributed by atoms with van der Waals surface area (Å²) in [5.74, 6) is 0.615. The molecule has 2 aliphatic rings. The molecule has 1 saturated heterocycles. The SMILES string of the molecule is O=C(CSc1ncnc2sc3c(c12)CCC3)NCCCN1CCCC1=O. The quantitative estimate of drug-likeness (QED) is 0.446. The minimum atomic E-state index is 0.0152. The minimum absolute atomic E-state index is 0.0152. The van der Waals surface area contributed by atoms with Crippen LogP contribution < -0.4 is 5.32 Å². The Balaban J connectivity index is 1.27. The van der Waals surface area contributed by atoms with Gasteiger partial charge in [0, 0.05) is 36.3 Å². The van der Waals surface area contributed by atoms with Crippen LogP contribution in [-0.4, -0.2) is 52.1 Å². The summed E-state index contributed by atoms with van der Waals surface area (Å²) in [5.41, 5.74) is 1.39. The van der Waals surface area contributed by atoms with E-state index in [2.05, 4.69) is 15.3 Å². The van der Waals surface area contributed by atoms with Crippen LogP contribution in [0.3, 0.4) is 0 Å². The monoisotopic (exact) mass is 390 g/mol. The molecule has 2 aromatic rings. The molecule has 1 fully saturated rings. The van der Waals surface area contributed by atoms with Gasteiger partial charge in [-0.3, -0.25) is 9.59 Å². The standard InChI is InChI=1S/C18H22N4O2S2/c23-14(19-7-3-9-22-8-2-6-15(22)24)10-25-17-16-12-4-1-5-13(12)26-18(16)21-11-20-17/h11H,1-10H2,(H,19,23). The molecule has 4 rings (SSSR count). The highest BCUT2D eigenvalue weighted by Gasteiger charge is 2.22. The molecule has 0 aromatic carbocycles. The summed E-state index contributed by atoms with van der Waals surface area (Å²) in [6.07, 6.45) is 7.47. The number of rotatable bonds is 7. The zero-order chi connectivity index (χ0) is 17.9. The van der Waals surface area contributed by atoms with Crippen LogP contribution in [0.5, 0.6) is 0 Å². The molecule has 2 aromatic heterocycles. The van der Waals surface area contributed by atoms with Crippen molar-refractivity contribution in [3.05, 3.63) is 16.8 Å². The number of likely N-dealkylation sites (tertiary alicyclic amines) is 1. The summed E-state index contributed by atoms with van der Waals surface area (Å²) in [7, 11) is 0. The lowest BCUT2D eigenvalue weighted by atomic mass is 10.2. The van der Waals surface area contributed by atoms with Crippen molar-refractivity contribution >= 4 is 45.1 Å². The Bertz CT molecular complexity index is 836. The van der Waals surface area contributed by atoms with Crippen LogP contribution in [0.4, 0.5) is 0 Å².